The van der Waals surface area contributed by atoms with Crippen molar-refractivity contribution in [3.63, 3.8) is 0 Å². The van der Waals surface area contributed by atoms with Crippen molar-refractivity contribution in [1.82, 2.24) is 0 Å². The molecule has 2 N–H and O–H groups in total. The van der Waals surface area contributed by atoms with Crippen LogP contribution < -0.4 is 15.4 Å². The smallest absolute Gasteiger partial charge is 0.308 e. The Morgan fingerprint density at radius 2 is 1.58 bits per heavy atom. The van der Waals surface area contributed by atoms with Gasteiger partial charge in [0, 0.05) is 28.6 Å². The standard InChI is InChI=1S/C25H15Cl5F2N2O4/c1-10(35)38-22-17(31)4-5-18(21(22)32)34-23(36)15-9-14(2-3-16(15)28)33-24(37)20-19(25(20,29)30)11-6-12(26)8-13(27)7-11/h2-9,19-20H,1H3,(H,33,37)(H,34,36). The summed E-state index contributed by atoms with van der Waals surface area (Å²) in [4.78, 5) is 37.0. The van der Waals surface area contributed by atoms with E-state index < -0.39 is 57.0 Å². The van der Waals surface area contributed by atoms with Gasteiger partial charge < -0.3 is 15.4 Å². The highest BCUT2D eigenvalue weighted by Gasteiger charge is 2.67. The molecule has 4 rings (SSSR count). The molecular weight excluding hydrogens is 608 g/mol. The summed E-state index contributed by atoms with van der Waals surface area (Å²) >= 11 is 31.0. The maximum absolute atomic E-state index is 14.7. The van der Waals surface area contributed by atoms with E-state index in [9.17, 15) is 23.2 Å². The number of hydrogen-bond donors (Lipinski definition) is 2. The molecule has 1 saturated carbocycles. The number of carbonyl (C=O) groups excluding carboxylic acids is 3. The molecule has 2 atom stereocenters. The first-order valence-corrected chi connectivity index (χ1v) is 12.6. The summed E-state index contributed by atoms with van der Waals surface area (Å²) in [7, 11) is 0. The summed E-state index contributed by atoms with van der Waals surface area (Å²) in [5.41, 5.74) is 0.148. The fourth-order valence-corrected chi connectivity index (χ4v) is 5.45. The molecule has 2 unspecified atom stereocenters. The second kappa shape index (κ2) is 10.9. The average Bonchev–Trinajstić information content (AvgIpc) is 3.41. The monoisotopic (exact) mass is 620 g/mol. The summed E-state index contributed by atoms with van der Waals surface area (Å²) in [6.07, 6.45) is 0. The molecule has 198 valence electrons. The molecule has 1 aliphatic carbocycles. The third-order valence-corrected chi connectivity index (χ3v) is 7.31. The van der Waals surface area contributed by atoms with E-state index in [-0.39, 0.29) is 16.3 Å². The number of ether oxygens (including phenoxy) is 1. The van der Waals surface area contributed by atoms with Crippen LogP contribution in [-0.4, -0.2) is 22.1 Å². The van der Waals surface area contributed by atoms with Gasteiger partial charge in [0.1, 0.15) is 4.33 Å². The summed E-state index contributed by atoms with van der Waals surface area (Å²) in [5.74, 6) is -7.22. The Morgan fingerprint density at radius 3 is 2.21 bits per heavy atom. The minimum absolute atomic E-state index is 0.0230. The van der Waals surface area contributed by atoms with Crippen LogP contribution in [0, 0.1) is 17.6 Å². The summed E-state index contributed by atoms with van der Waals surface area (Å²) in [6.45, 7) is 0.968. The van der Waals surface area contributed by atoms with E-state index in [0.29, 0.717) is 15.6 Å². The van der Waals surface area contributed by atoms with Gasteiger partial charge in [-0.3, -0.25) is 14.4 Å². The lowest BCUT2D eigenvalue weighted by molar-refractivity contribution is -0.132. The molecule has 2 amide bonds. The van der Waals surface area contributed by atoms with Crippen molar-refractivity contribution in [2.45, 2.75) is 17.2 Å². The van der Waals surface area contributed by atoms with Crippen LogP contribution in [0.25, 0.3) is 0 Å². The molecule has 1 aliphatic rings. The van der Waals surface area contributed by atoms with Gasteiger partial charge in [0.2, 0.25) is 11.7 Å². The normalized spacial score (nSPS) is 17.5. The second-order valence-electron chi connectivity index (χ2n) is 8.30. The summed E-state index contributed by atoms with van der Waals surface area (Å²) < 4.78 is 31.6. The van der Waals surface area contributed by atoms with Crippen molar-refractivity contribution >= 4 is 87.2 Å². The zero-order valence-corrected chi connectivity index (χ0v) is 22.8. The number of nitrogens with one attached hydrogen (secondary N) is 2. The fraction of sp³-hybridized carbons (Fsp3) is 0.160. The van der Waals surface area contributed by atoms with Gasteiger partial charge in [-0.25, -0.2) is 8.78 Å². The van der Waals surface area contributed by atoms with Gasteiger partial charge in [0.25, 0.3) is 5.91 Å². The highest BCUT2D eigenvalue weighted by molar-refractivity contribution is 6.53. The van der Waals surface area contributed by atoms with Crippen molar-refractivity contribution in [1.29, 1.82) is 0 Å². The molecule has 1 fully saturated rings. The Morgan fingerprint density at radius 1 is 0.921 bits per heavy atom. The van der Waals surface area contributed by atoms with E-state index in [1.807, 2.05) is 0 Å². The van der Waals surface area contributed by atoms with E-state index in [4.69, 9.17) is 58.0 Å². The summed E-state index contributed by atoms with van der Waals surface area (Å²) in [5, 5.41) is 5.56. The highest BCUT2D eigenvalue weighted by Crippen LogP contribution is 2.65. The van der Waals surface area contributed by atoms with E-state index in [1.54, 1.807) is 12.1 Å². The van der Waals surface area contributed by atoms with E-state index in [1.165, 1.54) is 24.3 Å². The van der Waals surface area contributed by atoms with Crippen LogP contribution in [0.4, 0.5) is 20.2 Å². The van der Waals surface area contributed by atoms with Gasteiger partial charge in [-0.2, -0.15) is 0 Å². The quantitative estimate of drug-likeness (QED) is 0.168. The fourth-order valence-electron chi connectivity index (χ4n) is 3.88. The van der Waals surface area contributed by atoms with E-state index >= 15 is 0 Å². The lowest BCUT2D eigenvalue weighted by atomic mass is 10.1. The maximum Gasteiger partial charge on any atom is 0.308 e. The molecule has 6 nitrogen and oxygen atoms in total. The Kier molecular flexibility index (Phi) is 8.12. The van der Waals surface area contributed by atoms with Gasteiger partial charge >= 0.3 is 5.97 Å². The maximum atomic E-state index is 14.7. The highest BCUT2D eigenvalue weighted by atomic mass is 35.5. The number of rotatable bonds is 6. The van der Waals surface area contributed by atoms with Crippen LogP contribution in [0.1, 0.15) is 28.8 Å². The van der Waals surface area contributed by atoms with Crippen LogP contribution >= 0.6 is 58.0 Å². The van der Waals surface area contributed by atoms with Crippen LogP contribution in [0.2, 0.25) is 15.1 Å². The van der Waals surface area contributed by atoms with Crippen molar-refractivity contribution in [2.75, 3.05) is 10.6 Å². The Hall–Kier alpha value is -2.62. The van der Waals surface area contributed by atoms with Crippen molar-refractivity contribution < 1.29 is 27.9 Å². The number of halogens is 7. The molecule has 0 aromatic heterocycles. The van der Waals surface area contributed by atoms with Crippen molar-refractivity contribution in [3.8, 4) is 5.75 Å². The lowest BCUT2D eigenvalue weighted by Crippen LogP contribution is -2.18. The Bertz CT molecular complexity index is 1460. The number of carbonyl (C=O) groups is 3. The molecule has 3 aromatic rings. The first kappa shape index (κ1) is 28.4. The Balaban J connectivity index is 1.53. The SMILES string of the molecule is CC(=O)Oc1c(F)ccc(NC(=O)c2cc(NC(=O)C3C(c4cc(Cl)cc(Cl)c4)C3(Cl)Cl)ccc2Cl)c1F. The minimum Gasteiger partial charge on any atom is -0.420 e. The Labute approximate surface area is 240 Å². The number of esters is 1. The number of anilines is 2. The number of amides is 2. The molecule has 0 heterocycles. The molecule has 0 spiro atoms. The zero-order valence-electron chi connectivity index (χ0n) is 19.1. The van der Waals surface area contributed by atoms with Crippen LogP contribution in [0.5, 0.6) is 5.75 Å². The zero-order chi connectivity index (χ0) is 27.9. The first-order chi connectivity index (χ1) is 17.8. The van der Waals surface area contributed by atoms with Crippen LogP contribution in [-0.2, 0) is 9.59 Å². The van der Waals surface area contributed by atoms with Gasteiger partial charge in [-0.1, -0.05) is 34.8 Å². The van der Waals surface area contributed by atoms with Gasteiger partial charge in [0.05, 0.1) is 22.2 Å². The molecule has 0 bridgehead atoms. The van der Waals surface area contributed by atoms with Crippen LogP contribution in [0.3, 0.4) is 0 Å². The van der Waals surface area contributed by atoms with Gasteiger partial charge in [-0.15, -0.1) is 23.2 Å². The largest absolute Gasteiger partial charge is 0.420 e. The lowest BCUT2D eigenvalue weighted by Gasteiger charge is -2.12. The molecule has 0 aliphatic heterocycles. The second-order valence-corrected chi connectivity index (χ2v) is 11.0. The first-order valence-electron chi connectivity index (χ1n) is 10.7. The predicted octanol–water partition coefficient (Wildman–Crippen LogP) is 7.63. The molecule has 0 saturated heterocycles. The predicted molar refractivity (Wildman–Crippen MR) is 143 cm³/mol. The third-order valence-electron chi connectivity index (χ3n) is 5.60. The van der Waals surface area contributed by atoms with Crippen LogP contribution in [0.15, 0.2) is 48.5 Å². The van der Waals surface area contributed by atoms with Gasteiger partial charge in [-0.05, 0) is 54.1 Å². The number of alkyl halides is 2. The van der Waals surface area contributed by atoms with E-state index in [2.05, 4.69) is 15.4 Å². The van der Waals surface area contributed by atoms with Crippen molar-refractivity contribution in [2.24, 2.45) is 5.92 Å². The van der Waals surface area contributed by atoms with Gasteiger partial charge in [0.15, 0.2) is 11.6 Å². The molecule has 13 heteroatoms. The molecular formula is C25H15Cl5F2N2O4. The van der Waals surface area contributed by atoms with Crippen molar-refractivity contribution in [3.05, 3.63) is 86.4 Å². The minimum atomic E-state index is -1.43. The number of hydrogen-bond acceptors (Lipinski definition) is 4. The third kappa shape index (κ3) is 5.84. The average molecular weight is 623 g/mol. The topological polar surface area (TPSA) is 84.5 Å². The molecule has 0 radical (unpaired) electrons. The number of benzene rings is 3. The molecule has 3 aromatic carbocycles. The molecule has 38 heavy (non-hydrogen) atoms. The summed E-state index contributed by atoms with van der Waals surface area (Å²) in [6, 6.07) is 10.5. The van der Waals surface area contributed by atoms with E-state index in [0.717, 1.165) is 19.1 Å².